The van der Waals surface area contributed by atoms with Gasteiger partial charge in [-0.05, 0) is 37.7 Å². The molecule has 1 N–H and O–H groups in total. The van der Waals surface area contributed by atoms with Crippen LogP contribution in [0.2, 0.25) is 0 Å². The number of nitrogens with zero attached hydrogens (tertiary/aromatic N) is 2. The first-order chi connectivity index (χ1) is 13.0. The molecule has 0 radical (unpaired) electrons. The van der Waals surface area contributed by atoms with Crippen molar-refractivity contribution in [2.24, 2.45) is 0 Å². The number of carbonyl (C=O) groups excluding carboxylic acids is 1. The highest BCUT2D eigenvalue weighted by atomic mass is 16.5. The van der Waals surface area contributed by atoms with E-state index in [1.807, 2.05) is 31.2 Å². The van der Waals surface area contributed by atoms with Gasteiger partial charge in [0.2, 0.25) is 5.78 Å². The van der Waals surface area contributed by atoms with Crippen LogP contribution in [0.25, 0.3) is 6.08 Å². The molecule has 0 bridgehead atoms. The second-order valence-corrected chi connectivity index (χ2v) is 7.37. The average Bonchev–Trinajstić information content (AvgIpc) is 2.95. The Labute approximate surface area is 159 Å². The first kappa shape index (κ1) is 17.8. The maximum absolute atomic E-state index is 12.8. The van der Waals surface area contributed by atoms with Crippen LogP contribution in [0, 0.1) is 6.92 Å². The Morgan fingerprint density at radius 3 is 2.67 bits per heavy atom. The summed E-state index contributed by atoms with van der Waals surface area (Å²) < 4.78 is 5.95. The summed E-state index contributed by atoms with van der Waals surface area (Å²) in [4.78, 5) is 17.4. The smallest absolute Gasteiger partial charge is 0.231 e. The van der Waals surface area contributed by atoms with Gasteiger partial charge in [-0.15, -0.1) is 0 Å². The van der Waals surface area contributed by atoms with E-state index in [-0.39, 0.29) is 11.5 Å². The molecule has 0 amide bonds. The number of rotatable bonds is 3. The molecule has 5 heteroatoms. The van der Waals surface area contributed by atoms with Gasteiger partial charge in [0.25, 0.3) is 0 Å². The molecule has 2 aliphatic rings. The number of allylic oxidation sites excluding steroid dienone is 1. The molecular formula is C22H24N2O3. The van der Waals surface area contributed by atoms with Gasteiger partial charge >= 0.3 is 0 Å². The number of phenols is 1. The SMILES string of the molecule is Cc1cccc(C=C2Oc3c(ccc(O)c3CN3CCN(C)CC3)C2=O)c1. The van der Waals surface area contributed by atoms with Crippen molar-refractivity contribution in [2.45, 2.75) is 13.5 Å². The molecule has 27 heavy (non-hydrogen) atoms. The van der Waals surface area contributed by atoms with Crippen molar-refractivity contribution in [3.63, 3.8) is 0 Å². The van der Waals surface area contributed by atoms with Gasteiger partial charge in [-0.25, -0.2) is 0 Å². The summed E-state index contributed by atoms with van der Waals surface area (Å²) in [5, 5.41) is 10.4. The Bertz CT molecular complexity index is 912. The zero-order valence-corrected chi connectivity index (χ0v) is 15.7. The Morgan fingerprint density at radius 2 is 1.93 bits per heavy atom. The highest BCUT2D eigenvalue weighted by molar-refractivity contribution is 6.15. The van der Waals surface area contributed by atoms with Crippen molar-refractivity contribution in [1.82, 2.24) is 9.80 Å². The zero-order valence-electron chi connectivity index (χ0n) is 15.7. The number of fused-ring (bicyclic) bond motifs is 1. The first-order valence-corrected chi connectivity index (χ1v) is 9.28. The fourth-order valence-electron chi connectivity index (χ4n) is 3.59. The topological polar surface area (TPSA) is 53.0 Å². The lowest BCUT2D eigenvalue weighted by molar-refractivity contribution is 0.101. The van der Waals surface area contributed by atoms with Crippen molar-refractivity contribution in [1.29, 1.82) is 0 Å². The molecule has 2 aromatic carbocycles. The molecule has 1 saturated heterocycles. The van der Waals surface area contributed by atoms with Gasteiger partial charge in [0, 0.05) is 32.7 Å². The summed E-state index contributed by atoms with van der Waals surface area (Å²) in [5.41, 5.74) is 3.27. The number of phenolic OH excluding ortho intramolecular Hbond substituents is 1. The van der Waals surface area contributed by atoms with Crippen LogP contribution in [-0.4, -0.2) is 53.9 Å². The van der Waals surface area contributed by atoms with Crippen LogP contribution in [-0.2, 0) is 6.54 Å². The minimum atomic E-state index is -0.133. The van der Waals surface area contributed by atoms with Crippen molar-refractivity contribution < 1.29 is 14.6 Å². The summed E-state index contributed by atoms with van der Waals surface area (Å²) in [5.74, 6) is 0.849. The third kappa shape index (κ3) is 3.61. The number of aromatic hydroxyl groups is 1. The zero-order chi connectivity index (χ0) is 19.0. The fraction of sp³-hybridized carbons (Fsp3) is 0.318. The number of piperazine rings is 1. The van der Waals surface area contributed by atoms with E-state index in [2.05, 4.69) is 16.8 Å². The first-order valence-electron chi connectivity index (χ1n) is 9.28. The minimum absolute atomic E-state index is 0.133. The molecule has 0 spiro atoms. The second kappa shape index (κ2) is 7.18. The molecule has 2 heterocycles. The molecule has 1 fully saturated rings. The molecule has 2 aromatic rings. The Hall–Kier alpha value is -2.63. The monoisotopic (exact) mass is 364 g/mol. The molecule has 0 aliphatic carbocycles. The third-order valence-corrected chi connectivity index (χ3v) is 5.23. The van der Waals surface area contributed by atoms with Crippen LogP contribution in [0.3, 0.4) is 0 Å². The summed E-state index contributed by atoms with van der Waals surface area (Å²) in [6.45, 7) is 6.44. The summed E-state index contributed by atoms with van der Waals surface area (Å²) in [7, 11) is 2.11. The lowest BCUT2D eigenvalue weighted by Crippen LogP contribution is -2.43. The number of likely N-dealkylation sites (N-methyl/N-ethyl adjacent to an activating group) is 1. The van der Waals surface area contributed by atoms with Crippen LogP contribution >= 0.6 is 0 Å². The number of aryl methyl sites for hydroxylation is 1. The average molecular weight is 364 g/mol. The van der Waals surface area contributed by atoms with E-state index in [1.54, 1.807) is 18.2 Å². The second-order valence-electron chi connectivity index (χ2n) is 7.37. The van der Waals surface area contributed by atoms with Gasteiger partial charge in [-0.1, -0.05) is 29.8 Å². The molecular weight excluding hydrogens is 340 g/mol. The van der Waals surface area contributed by atoms with Gasteiger partial charge < -0.3 is 14.7 Å². The van der Waals surface area contributed by atoms with Gasteiger partial charge in [0.15, 0.2) is 5.76 Å². The number of hydrogen-bond acceptors (Lipinski definition) is 5. The normalized spacial score (nSPS) is 19.3. The largest absolute Gasteiger partial charge is 0.507 e. The number of carbonyl (C=O) groups is 1. The van der Waals surface area contributed by atoms with Gasteiger partial charge in [0.1, 0.15) is 11.5 Å². The number of ether oxygens (including phenoxy) is 1. The van der Waals surface area contributed by atoms with E-state index in [0.29, 0.717) is 29.2 Å². The quantitative estimate of drug-likeness (QED) is 0.849. The Kier molecular flexibility index (Phi) is 4.72. The van der Waals surface area contributed by atoms with Crippen LogP contribution in [0.15, 0.2) is 42.2 Å². The van der Waals surface area contributed by atoms with Crippen LogP contribution in [0.4, 0.5) is 0 Å². The van der Waals surface area contributed by atoms with Crippen LogP contribution in [0.1, 0.15) is 27.0 Å². The molecule has 0 atom stereocenters. The number of benzene rings is 2. The minimum Gasteiger partial charge on any atom is -0.507 e. The van der Waals surface area contributed by atoms with E-state index < -0.39 is 0 Å². The molecule has 140 valence electrons. The Balaban J connectivity index is 1.63. The molecule has 0 aromatic heterocycles. The Morgan fingerprint density at radius 1 is 1.15 bits per heavy atom. The van der Waals surface area contributed by atoms with E-state index in [0.717, 1.165) is 37.3 Å². The number of ketones is 1. The van der Waals surface area contributed by atoms with Gasteiger partial charge in [-0.3, -0.25) is 9.69 Å². The summed E-state index contributed by atoms with van der Waals surface area (Å²) in [6, 6.07) is 11.2. The molecule has 0 unspecified atom stereocenters. The van der Waals surface area contributed by atoms with Crippen molar-refractivity contribution in [3.05, 3.63) is 64.4 Å². The maximum Gasteiger partial charge on any atom is 0.231 e. The molecule has 0 saturated carbocycles. The summed E-state index contributed by atoms with van der Waals surface area (Å²) >= 11 is 0. The van der Waals surface area contributed by atoms with E-state index in [4.69, 9.17) is 4.74 Å². The predicted molar refractivity (Wildman–Crippen MR) is 105 cm³/mol. The van der Waals surface area contributed by atoms with E-state index in [9.17, 15) is 9.90 Å². The third-order valence-electron chi connectivity index (χ3n) is 5.23. The summed E-state index contributed by atoms with van der Waals surface area (Å²) in [6.07, 6.45) is 1.77. The predicted octanol–water partition coefficient (Wildman–Crippen LogP) is 3.06. The van der Waals surface area contributed by atoms with Crippen LogP contribution in [0.5, 0.6) is 11.5 Å². The standard InChI is InChI=1S/C22H24N2O3/c1-15-4-3-5-16(12-15)13-20-21(26)17-6-7-19(25)18(22(17)27-20)14-24-10-8-23(2)9-11-24/h3-7,12-13,25H,8-11,14H2,1-2H3. The fourth-order valence-corrected chi connectivity index (χ4v) is 3.59. The lowest BCUT2D eigenvalue weighted by atomic mass is 10.0. The van der Waals surface area contributed by atoms with Crippen LogP contribution < -0.4 is 4.74 Å². The molecule has 2 aliphatic heterocycles. The van der Waals surface area contributed by atoms with Crippen molar-refractivity contribution in [2.75, 3.05) is 33.2 Å². The highest BCUT2D eigenvalue weighted by Crippen LogP contribution is 2.40. The van der Waals surface area contributed by atoms with Crippen molar-refractivity contribution in [3.8, 4) is 11.5 Å². The number of hydrogen-bond donors (Lipinski definition) is 1. The highest BCUT2D eigenvalue weighted by Gasteiger charge is 2.32. The maximum atomic E-state index is 12.8. The van der Waals surface area contributed by atoms with Gasteiger partial charge in [-0.2, -0.15) is 0 Å². The van der Waals surface area contributed by atoms with Crippen molar-refractivity contribution >= 4 is 11.9 Å². The lowest BCUT2D eigenvalue weighted by Gasteiger charge is -2.32. The number of Topliss-reactive ketones (excluding diaryl/α,β-unsaturated/α-hetero) is 1. The molecule has 5 nitrogen and oxygen atoms in total. The van der Waals surface area contributed by atoms with E-state index in [1.165, 1.54) is 0 Å². The van der Waals surface area contributed by atoms with E-state index >= 15 is 0 Å². The van der Waals surface area contributed by atoms with Gasteiger partial charge in [0.05, 0.1) is 11.1 Å². The molecule has 4 rings (SSSR count).